The number of nitro benzene ring substituents is 1. The summed E-state index contributed by atoms with van der Waals surface area (Å²) in [5.41, 5.74) is 0.918. The second-order valence-electron chi connectivity index (χ2n) is 4.52. The number of nitrogens with zero attached hydrogens (tertiary/aromatic N) is 1. The fraction of sp³-hybridized carbons (Fsp3) is 0.0667. The minimum Gasteiger partial charge on any atom is -0.372 e. The van der Waals surface area contributed by atoms with E-state index < -0.39 is 20.7 Å². The molecular weight excluding hydrogens is 306 g/mol. The van der Waals surface area contributed by atoms with Crippen molar-refractivity contribution in [2.45, 2.75) is 6.92 Å². The van der Waals surface area contributed by atoms with E-state index in [1.165, 1.54) is 18.2 Å². The molecule has 0 radical (unpaired) electrons. The lowest BCUT2D eigenvalue weighted by atomic mass is 10.2. The predicted octanol–water partition coefficient (Wildman–Crippen LogP) is 3.28. The molecule has 0 atom stereocenters. The Morgan fingerprint density at radius 3 is 2.45 bits per heavy atom. The molecule has 114 valence electrons. The van der Waals surface area contributed by atoms with Crippen LogP contribution >= 0.6 is 0 Å². The summed E-state index contributed by atoms with van der Waals surface area (Å²) in [5, 5.41) is 11.8. The van der Waals surface area contributed by atoms with Gasteiger partial charge in [0, 0.05) is 6.07 Å². The fourth-order valence-corrected chi connectivity index (χ4v) is 2.49. The average molecular weight is 319 g/mol. The molecule has 0 fully saturated rings. The first-order valence-electron chi connectivity index (χ1n) is 6.30. The van der Waals surface area contributed by atoms with Crippen LogP contribution in [0.3, 0.4) is 0 Å². The first-order chi connectivity index (χ1) is 10.4. The Balaban J connectivity index is 2.26. The van der Waals surface area contributed by atoms with Crippen LogP contribution in [-0.4, -0.2) is 13.3 Å². The Bertz CT molecular complexity index is 813. The topological polar surface area (TPSA) is 86.5 Å². The van der Waals surface area contributed by atoms with Crippen molar-refractivity contribution in [3.8, 4) is 5.75 Å². The van der Waals surface area contributed by atoms with Gasteiger partial charge in [0.1, 0.15) is 0 Å². The summed E-state index contributed by atoms with van der Waals surface area (Å²) in [4.78, 5) is 10.3. The molecule has 0 heterocycles. The first-order valence-corrected chi connectivity index (χ1v) is 7.77. The maximum absolute atomic E-state index is 11.9. The third-order valence-corrected chi connectivity index (χ3v) is 3.63. The SMILES string of the molecule is Cc1ccc(OS(=O)(=O)/C=C/c2ccccc2)c([N+](=O)[O-])c1. The summed E-state index contributed by atoms with van der Waals surface area (Å²) in [5.74, 6) is -0.312. The minimum atomic E-state index is -4.09. The largest absolute Gasteiger partial charge is 0.372 e. The minimum absolute atomic E-state index is 0.312. The molecule has 0 aliphatic rings. The number of rotatable bonds is 5. The molecule has 6 nitrogen and oxygen atoms in total. The van der Waals surface area contributed by atoms with Gasteiger partial charge in [0.05, 0.1) is 10.3 Å². The molecule has 2 aromatic rings. The normalized spacial score (nSPS) is 11.5. The van der Waals surface area contributed by atoms with E-state index in [9.17, 15) is 18.5 Å². The van der Waals surface area contributed by atoms with E-state index in [0.29, 0.717) is 11.1 Å². The van der Waals surface area contributed by atoms with Crippen molar-refractivity contribution in [1.82, 2.24) is 0 Å². The molecule has 7 heteroatoms. The standard InChI is InChI=1S/C15H13NO5S/c1-12-7-8-15(14(11-12)16(17)18)21-22(19,20)10-9-13-5-3-2-4-6-13/h2-11H,1H3/b10-9+. The Morgan fingerprint density at radius 1 is 1.14 bits per heavy atom. The van der Waals surface area contributed by atoms with E-state index in [2.05, 4.69) is 0 Å². The number of nitro groups is 1. The van der Waals surface area contributed by atoms with Gasteiger partial charge in [0.25, 0.3) is 0 Å². The average Bonchev–Trinajstić information content (AvgIpc) is 2.48. The van der Waals surface area contributed by atoms with Crippen LogP contribution in [0.5, 0.6) is 5.75 Å². The van der Waals surface area contributed by atoms with E-state index in [4.69, 9.17) is 4.18 Å². The van der Waals surface area contributed by atoms with E-state index in [-0.39, 0.29) is 5.75 Å². The number of hydrogen-bond donors (Lipinski definition) is 0. The number of benzene rings is 2. The Kier molecular flexibility index (Phi) is 4.57. The summed E-state index contributed by atoms with van der Waals surface area (Å²) in [7, 11) is -4.09. The lowest BCUT2D eigenvalue weighted by molar-refractivity contribution is -0.385. The molecule has 0 bridgehead atoms. The van der Waals surface area contributed by atoms with Gasteiger partial charge < -0.3 is 4.18 Å². The van der Waals surface area contributed by atoms with E-state index >= 15 is 0 Å². The van der Waals surface area contributed by atoms with Gasteiger partial charge in [-0.15, -0.1) is 0 Å². The van der Waals surface area contributed by atoms with Crippen molar-refractivity contribution in [3.05, 3.63) is 75.2 Å². The molecule has 0 saturated heterocycles. The van der Waals surface area contributed by atoms with Gasteiger partial charge in [-0.3, -0.25) is 10.1 Å². The molecule has 0 spiro atoms. The molecule has 0 aliphatic heterocycles. The van der Waals surface area contributed by atoms with Crippen LogP contribution in [-0.2, 0) is 10.1 Å². The van der Waals surface area contributed by atoms with E-state index in [0.717, 1.165) is 5.41 Å². The highest BCUT2D eigenvalue weighted by molar-refractivity contribution is 7.90. The Morgan fingerprint density at radius 2 is 1.82 bits per heavy atom. The molecule has 0 aromatic heterocycles. The third-order valence-electron chi connectivity index (χ3n) is 2.74. The molecular formula is C15H13NO5S. The van der Waals surface area contributed by atoms with Crippen molar-refractivity contribution in [2.75, 3.05) is 0 Å². The molecule has 0 aliphatic carbocycles. The summed E-state index contributed by atoms with van der Waals surface area (Å²) in [6, 6.07) is 12.8. The van der Waals surface area contributed by atoms with Crippen LogP contribution in [0.4, 0.5) is 5.69 Å². The summed E-state index contributed by atoms with van der Waals surface area (Å²) in [6.45, 7) is 1.67. The molecule has 0 N–H and O–H groups in total. The van der Waals surface area contributed by atoms with Crippen LogP contribution in [0.15, 0.2) is 53.9 Å². The van der Waals surface area contributed by atoms with Gasteiger partial charge in [-0.2, -0.15) is 8.42 Å². The first kappa shape index (κ1) is 15.7. The number of hydrogen-bond acceptors (Lipinski definition) is 5. The van der Waals surface area contributed by atoms with Crippen molar-refractivity contribution < 1.29 is 17.5 Å². The quantitative estimate of drug-likeness (QED) is 0.479. The van der Waals surface area contributed by atoms with Gasteiger partial charge in [-0.05, 0) is 30.2 Å². The van der Waals surface area contributed by atoms with Gasteiger partial charge in [0.2, 0.25) is 5.75 Å². The van der Waals surface area contributed by atoms with E-state index in [1.807, 2.05) is 0 Å². The van der Waals surface area contributed by atoms with Crippen molar-refractivity contribution in [2.24, 2.45) is 0 Å². The van der Waals surface area contributed by atoms with Gasteiger partial charge in [-0.1, -0.05) is 36.4 Å². The summed E-state index contributed by atoms with van der Waals surface area (Å²) < 4.78 is 28.6. The highest BCUT2D eigenvalue weighted by Gasteiger charge is 2.19. The van der Waals surface area contributed by atoms with Crippen molar-refractivity contribution >= 4 is 21.9 Å². The lowest BCUT2D eigenvalue weighted by Gasteiger charge is -2.05. The molecule has 0 unspecified atom stereocenters. The molecule has 0 amide bonds. The zero-order valence-electron chi connectivity index (χ0n) is 11.7. The van der Waals surface area contributed by atoms with Crippen molar-refractivity contribution in [1.29, 1.82) is 0 Å². The fourth-order valence-electron chi connectivity index (χ4n) is 1.72. The highest BCUT2D eigenvalue weighted by Crippen LogP contribution is 2.29. The van der Waals surface area contributed by atoms with Crippen LogP contribution < -0.4 is 4.18 Å². The zero-order valence-corrected chi connectivity index (χ0v) is 12.5. The Labute approximate surface area is 127 Å². The highest BCUT2D eigenvalue weighted by atomic mass is 32.2. The maximum atomic E-state index is 11.9. The number of aryl methyl sites for hydroxylation is 1. The molecule has 0 saturated carbocycles. The van der Waals surface area contributed by atoms with Crippen molar-refractivity contribution in [3.63, 3.8) is 0 Å². The van der Waals surface area contributed by atoms with Crippen LogP contribution in [0.1, 0.15) is 11.1 Å². The Hall–Kier alpha value is -2.67. The van der Waals surface area contributed by atoms with Gasteiger partial charge in [0.15, 0.2) is 0 Å². The summed E-state index contributed by atoms with van der Waals surface area (Å²) in [6.07, 6.45) is 1.36. The second kappa shape index (κ2) is 6.40. The monoisotopic (exact) mass is 319 g/mol. The predicted molar refractivity (Wildman–Crippen MR) is 82.9 cm³/mol. The smallest absolute Gasteiger partial charge is 0.332 e. The second-order valence-corrected chi connectivity index (χ2v) is 5.94. The third kappa shape index (κ3) is 4.16. The van der Waals surface area contributed by atoms with Crippen LogP contribution in [0, 0.1) is 17.0 Å². The summed E-state index contributed by atoms with van der Waals surface area (Å²) >= 11 is 0. The van der Waals surface area contributed by atoms with Crippen LogP contribution in [0.25, 0.3) is 6.08 Å². The molecule has 22 heavy (non-hydrogen) atoms. The van der Waals surface area contributed by atoms with E-state index in [1.54, 1.807) is 43.3 Å². The maximum Gasteiger partial charge on any atom is 0.332 e. The molecule has 2 aromatic carbocycles. The molecule has 2 rings (SSSR count). The van der Waals surface area contributed by atoms with Gasteiger partial charge in [-0.25, -0.2) is 0 Å². The van der Waals surface area contributed by atoms with Crippen LogP contribution in [0.2, 0.25) is 0 Å². The lowest BCUT2D eigenvalue weighted by Crippen LogP contribution is -2.07. The zero-order chi connectivity index (χ0) is 16.2. The van der Waals surface area contributed by atoms with Gasteiger partial charge >= 0.3 is 15.8 Å².